The molecule has 25 heavy (non-hydrogen) atoms. The summed E-state index contributed by atoms with van der Waals surface area (Å²) < 4.78 is 48.1. The molecule has 1 aromatic heterocycles. The zero-order valence-corrected chi connectivity index (χ0v) is 15.1. The molecule has 9 heteroatoms. The van der Waals surface area contributed by atoms with Gasteiger partial charge in [-0.2, -0.15) is 0 Å². The third kappa shape index (κ3) is 3.32. The Bertz CT molecular complexity index is 867. The molecule has 3 N–H and O–H groups in total. The normalized spacial score (nSPS) is 11.5. The fourth-order valence-electron chi connectivity index (χ4n) is 2.40. The first-order valence-electron chi connectivity index (χ1n) is 7.25. The number of nitrogen functional groups attached to an aromatic ring is 1. The number of carbonyl (C=O) groups is 1. The van der Waals surface area contributed by atoms with E-state index in [1.807, 2.05) is 19.6 Å². The van der Waals surface area contributed by atoms with E-state index in [9.17, 15) is 23.1 Å². The second kappa shape index (κ2) is 6.39. The molecule has 5 nitrogen and oxygen atoms in total. The summed E-state index contributed by atoms with van der Waals surface area (Å²) in [4.78, 5) is 14.9. The molecule has 0 unspecified atom stereocenters. The number of nitrogens with two attached hydrogens (primary N) is 1. The van der Waals surface area contributed by atoms with Gasteiger partial charge in [0, 0.05) is 5.56 Å². The molecule has 1 aromatic carbocycles. The first-order valence-corrected chi connectivity index (χ1v) is 10.7. The first kappa shape index (κ1) is 18.8. The third-order valence-corrected chi connectivity index (χ3v) is 5.65. The van der Waals surface area contributed by atoms with Crippen molar-refractivity contribution in [2.75, 3.05) is 12.8 Å². The highest BCUT2D eigenvalue weighted by Gasteiger charge is 2.28. The summed E-state index contributed by atoms with van der Waals surface area (Å²) in [6.45, 7) is 5.49. The Morgan fingerprint density at radius 1 is 1.20 bits per heavy atom. The number of hydrogen-bond acceptors (Lipinski definition) is 4. The lowest BCUT2D eigenvalue weighted by Crippen LogP contribution is -2.40. The standard InChI is InChI=1S/C16H17F3N2O3Si/c1-24-15-12(20)11(19)13(21-14(15)16(22)23)7-5-9(18)10(6-8(7)17)25(2,3)4/h5-6H,1-4H3,(H2,20,21)(H,22,23). The monoisotopic (exact) mass is 370 g/mol. The molecule has 134 valence electrons. The second-order valence-corrected chi connectivity index (χ2v) is 11.5. The molecule has 0 radical (unpaired) electrons. The molecule has 0 bridgehead atoms. The van der Waals surface area contributed by atoms with Gasteiger partial charge in [-0.05, 0) is 17.3 Å². The number of carboxylic acid groups (broad SMARTS) is 1. The van der Waals surface area contributed by atoms with E-state index in [4.69, 9.17) is 10.5 Å². The average molecular weight is 370 g/mol. The number of halogens is 3. The number of ether oxygens (including phenoxy) is 1. The molecule has 0 saturated carbocycles. The lowest BCUT2D eigenvalue weighted by atomic mass is 10.1. The number of benzene rings is 1. The topological polar surface area (TPSA) is 85.4 Å². The molecular weight excluding hydrogens is 353 g/mol. The molecule has 0 aliphatic carbocycles. The molecule has 0 amide bonds. The summed E-state index contributed by atoms with van der Waals surface area (Å²) in [6, 6.07) is 1.81. The summed E-state index contributed by atoms with van der Waals surface area (Å²) in [7, 11) is -1.07. The fourth-order valence-corrected chi connectivity index (χ4v) is 3.75. The van der Waals surface area contributed by atoms with Crippen molar-refractivity contribution in [3.8, 4) is 17.0 Å². The Labute approximate surface area is 143 Å². The van der Waals surface area contributed by atoms with Crippen LogP contribution in [-0.2, 0) is 0 Å². The van der Waals surface area contributed by atoms with Crippen molar-refractivity contribution in [1.29, 1.82) is 0 Å². The van der Waals surface area contributed by atoms with E-state index >= 15 is 0 Å². The van der Waals surface area contributed by atoms with Crippen molar-refractivity contribution < 1.29 is 27.8 Å². The molecular formula is C16H17F3N2O3Si. The molecule has 2 aromatic rings. The smallest absolute Gasteiger partial charge is 0.358 e. The Morgan fingerprint density at radius 3 is 2.28 bits per heavy atom. The van der Waals surface area contributed by atoms with Crippen molar-refractivity contribution in [3.63, 3.8) is 0 Å². The highest BCUT2D eigenvalue weighted by Crippen LogP contribution is 2.35. The number of rotatable bonds is 4. The Hall–Kier alpha value is -2.55. The number of aromatic carboxylic acids is 1. The fraction of sp³-hybridized carbons (Fsp3) is 0.250. The minimum atomic E-state index is -2.17. The van der Waals surface area contributed by atoms with Crippen LogP contribution in [0.15, 0.2) is 12.1 Å². The van der Waals surface area contributed by atoms with Gasteiger partial charge in [-0.1, -0.05) is 19.6 Å². The number of hydrogen-bond donors (Lipinski definition) is 2. The van der Waals surface area contributed by atoms with Gasteiger partial charge in [0.2, 0.25) is 0 Å². The zero-order valence-electron chi connectivity index (χ0n) is 14.1. The number of pyridine rings is 1. The van der Waals surface area contributed by atoms with Gasteiger partial charge < -0.3 is 15.6 Å². The minimum Gasteiger partial charge on any atom is -0.492 e. The summed E-state index contributed by atoms with van der Waals surface area (Å²) in [5, 5.41) is 9.41. The number of methoxy groups -OCH3 is 1. The van der Waals surface area contributed by atoms with E-state index in [1.165, 1.54) is 0 Å². The quantitative estimate of drug-likeness (QED) is 0.808. The lowest BCUT2D eigenvalue weighted by Gasteiger charge is -2.19. The SMILES string of the molecule is COc1c(C(=O)O)nc(-c2cc(F)c([Si](C)(C)C)cc2F)c(F)c1N. The number of carboxylic acids is 1. The van der Waals surface area contributed by atoms with E-state index in [0.29, 0.717) is 0 Å². The van der Waals surface area contributed by atoms with Crippen LogP contribution in [-0.4, -0.2) is 31.2 Å². The van der Waals surface area contributed by atoms with Crippen LogP contribution >= 0.6 is 0 Å². The molecule has 0 fully saturated rings. The first-order chi connectivity index (χ1) is 11.5. The molecule has 1 heterocycles. The van der Waals surface area contributed by atoms with Crippen LogP contribution in [0.5, 0.6) is 5.75 Å². The van der Waals surface area contributed by atoms with E-state index in [1.54, 1.807) is 0 Å². The van der Waals surface area contributed by atoms with Crippen LogP contribution in [0.4, 0.5) is 18.9 Å². The van der Waals surface area contributed by atoms with Crippen LogP contribution in [0.3, 0.4) is 0 Å². The largest absolute Gasteiger partial charge is 0.492 e. The Kier molecular flexibility index (Phi) is 4.80. The minimum absolute atomic E-state index is 0.231. The summed E-state index contributed by atoms with van der Waals surface area (Å²) in [6.07, 6.45) is 0. The van der Waals surface area contributed by atoms with Crippen LogP contribution in [0.2, 0.25) is 19.6 Å². The summed E-state index contributed by atoms with van der Waals surface area (Å²) >= 11 is 0. The van der Waals surface area contributed by atoms with E-state index in [2.05, 4.69) is 4.98 Å². The highest BCUT2D eigenvalue weighted by molar-refractivity contribution is 6.88. The van der Waals surface area contributed by atoms with Crippen molar-refractivity contribution in [1.82, 2.24) is 4.98 Å². The van der Waals surface area contributed by atoms with E-state index in [-0.39, 0.29) is 5.19 Å². The number of anilines is 1. The summed E-state index contributed by atoms with van der Waals surface area (Å²) in [5.41, 5.74) is 3.02. The van der Waals surface area contributed by atoms with Gasteiger partial charge in [-0.25, -0.2) is 22.9 Å². The highest BCUT2D eigenvalue weighted by atomic mass is 28.3. The van der Waals surface area contributed by atoms with Gasteiger partial charge in [0.1, 0.15) is 23.0 Å². The number of nitrogens with zero attached hydrogens (tertiary/aromatic N) is 1. The predicted octanol–water partition coefficient (Wildman–Crippen LogP) is 3.00. The van der Waals surface area contributed by atoms with Crippen molar-refractivity contribution in [3.05, 3.63) is 35.3 Å². The van der Waals surface area contributed by atoms with Gasteiger partial charge in [-0.15, -0.1) is 0 Å². The van der Waals surface area contributed by atoms with Gasteiger partial charge in [0.25, 0.3) is 0 Å². The van der Waals surface area contributed by atoms with Gasteiger partial charge in [-0.3, -0.25) is 0 Å². The molecule has 0 spiro atoms. The molecule has 0 atom stereocenters. The van der Waals surface area contributed by atoms with Crippen molar-refractivity contribution in [2.45, 2.75) is 19.6 Å². The van der Waals surface area contributed by atoms with Crippen LogP contribution in [0, 0.1) is 17.5 Å². The van der Waals surface area contributed by atoms with Crippen LogP contribution in [0.25, 0.3) is 11.3 Å². The zero-order chi connectivity index (χ0) is 19.1. The maximum atomic E-state index is 14.5. The predicted molar refractivity (Wildman–Crippen MR) is 90.5 cm³/mol. The van der Waals surface area contributed by atoms with E-state index in [0.717, 1.165) is 19.2 Å². The van der Waals surface area contributed by atoms with E-state index < -0.39 is 59.9 Å². The van der Waals surface area contributed by atoms with Crippen LogP contribution in [0.1, 0.15) is 10.5 Å². The molecule has 0 aliphatic rings. The van der Waals surface area contributed by atoms with Crippen molar-refractivity contribution in [2.24, 2.45) is 0 Å². The third-order valence-electron chi connectivity index (χ3n) is 3.65. The summed E-state index contributed by atoms with van der Waals surface area (Å²) in [5.74, 6) is -4.81. The Morgan fingerprint density at radius 2 is 1.80 bits per heavy atom. The Balaban J connectivity index is 2.79. The molecule has 2 rings (SSSR count). The molecule has 0 saturated heterocycles. The maximum absolute atomic E-state index is 14.5. The average Bonchev–Trinajstić information content (AvgIpc) is 2.50. The van der Waals surface area contributed by atoms with Gasteiger partial charge in [0.05, 0.1) is 15.2 Å². The second-order valence-electron chi connectivity index (χ2n) is 6.44. The maximum Gasteiger partial charge on any atom is 0.358 e. The van der Waals surface area contributed by atoms with Gasteiger partial charge >= 0.3 is 5.97 Å². The lowest BCUT2D eigenvalue weighted by molar-refractivity contribution is 0.0686. The van der Waals surface area contributed by atoms with Gasteiger partial charge in [0.15, 0.2) is 17.3 Å². The van der Waals surface area contributed by atoms with Crippen LogP contribution < -0.4 is 15.7 Å². The van der Waals surface area contributed by atoms with Crippen molar-refractivity contribution >= 4 is 24.9 Å². The molecule has 0 aliphatic heterocycles. The number of aromatic nitrogens is 1.